The molecule has 0 nitrogen and oxygen atoms in total. The van der Waals surface area contributed by atoms with E-state index in [0.29, 0.717) is 5.92 Å². The second-order valence-electron chi connectivity index (χ2n) is 9.56. The molecule has 2 aliphatic carbocycles. The lowest BCUT2D eigenvalue weighted by Gasteiger charge is -2.26. The third-order valence-electron chi connectivity index (χ3n) is 7.16. The third kappa shape index (κ3) is 3.06. The normalized spacial score (nSPS) is 18.8. The fraction of sp³-hybridized carbons (Fsp3) is 0.267. The topological polar surface area (TPSA) is 0 Å². The Morgan fingerprint density at radius 2 is 1.33 bits per heavy atom. The summed E-state index contributed by atoms with van der Waals surface area (Å²) >= 11 is 0. The lowest BCUT2D eigenvalue weighted by molar-refractivity contribution is 0.612. The molecule has 5 rings (SSSR count). The van der Waals surface area contributed by atoms with Gasteiger partial charge in [-0.3, -0.25) is 0 Å². The molecule has 0 saturated heterocycles. The second kappa shape index (κ2) is 7.13. The van der Waals surface area contributed by atoms with Crippen LogP contribution in [0, 0.1) is 13.8 Å². The molecule has 1 unspecified atom stereocenters. The van der Waals surface area contributed by atoms with Crippen LogP contribution in [0.3, 0.4) is 0 Å². The number of rotatable bonds is 3. The maximum Gasteiger partial charge on any atom is 0.0340 e. The molecule has 0 aliphatic heterocycles. The SMILES string of the molecule is Cc1ccc(C(c2ccc(C)cc2)c2ccc3c(c2)C(C)(C)C2=CC=CCC23)cc1. The molecule has 0 aromatic heterocycles. The van der Waals surface area contributed by atoms with Crippen molar-refractivity contribution >= 4 is 0 Å². The summed E-state index contributed by atoms with van der Waals surface area (Å²) in [5, 5.41) is 0. The van der Waals surface area contributed by atoms with Crippen LogP contribution in [0.4, 0.5) is 0 Å². The van der Waals surface area contributed by atoms with Gasteiger partial charge in [-0.05, 0) is 48.1 Å². The van der Waals surface area contributed by atoms with Crippen LogP contribution in [0.15, 0.2) is 90.5 Å². The summed E-state index contributed by atoms with van der Waals surface area (Å²) in [6.45, 7) is 9.11. The Morgan fingerprint density at radius 3 is 1.93 bits per heavy atom. The molecule has 30 heavy (non-hydrogen) atoms. The van der Waals surface area contributed by atoms with E-state index in [1.165, 1.54) is 38.9 Å². The molecule has 0 N–H and O–H groups in total. The van der Waals surface area contributed by atoms with Crippen LogP contribution < -0.4 is 0 Å². The van der Waals surface area contributed by atoms with E-state index in [2.05, 4.69) is 113 Å². The highest BCUT2D eigenvalue weighted by molar-refractivity contribution is 5.59. The molecule has 150 valence electrons. The van der Waals surface area contributed by atoms with Crippen LogP contribution in [-0.4, -0.2) is 0 Å². The number of fused-ring (bicyclic) bond motifs is 3. The highest BCUT2D eigenvalue weighted by Crippen LogP contribution is 2.53. The lowest BCUT2D eigenvalue weighted by Crippen LogP contribution is -2.17. The van der Waals surface area contributed by atoms with Gasteiger partial charge in [-0.15, -0.1) is 0 Å². The van der Waals surface area contributed by atoms with E-state index in [1.807, 2.05) is 0 Å². The van der Waals surface area contributed by atoms with E-state index in [-0.39, 0.29) is 11.3 Å². The fourth-order valence-corrected chi connectivity index (χ4v) is 5.42. The van der Waals surface area contributed by atoms with Gasteiger partial charge in [-0.2, -0.15) is 0 Å². The first kappa shape index (κ1) is 19.1. The Kier molecular flexibility index (Phi) is 4.54. The van der Waals surface area contributed by atoms with Gasteiger partial charge in [0.1, 0.15) is 0 Å². The van der Waals surface area contributed by atoms with Gasteiger partial charge in [0.25, 0.3) is 0 Å². The average molecular weight is 391 g/mol. The predicted molar refractivity (Wildman–Crippen MR) is 127 cm³/mol. The van der Waals surface area contributed by atoms with E-state index in [9.17, 15) is 0 Å². The first-order chi connectivity index (χ1) is 14.4. The molecule has 0 bridgehead atoms. The summed E-state index contributed by atoms with van der Waals surface area (Å²) in [4.78, 5) is 0. The van der Waals surface area contributed by atoms with E-state index in [1.54, 1.807) is 5.57 Å². The first-order valence-electron chi connectivity index (χ1n) is 11.1. The Morgan fingerprint density at radius 1 is 0.767 bits per heavy atom. The van der Waals surface area contributed by atoms with Crippen LogP contribution >= 0.6 is 0 Å². The standard InChI is InChI=1S/C30H30/c1-20-9-13-22(14-10-20)29(23-15-11-21(2)12-16-23)24-17-18-26-25-7-5-6-8-27(25)30(3,4)28(26)19-24/h5-6,8-19,25,29H,7H2,1-4H3. The van der Waals surface area contributed by atoms with E-state index in [0.717, 1.165) is 6.42 Å². The summed E-state index contributed by atoms with van der Waals surface area (Å²) in [6, 6.07) is 25.4. The monoisotopic (exact) mass is 390 g/mol. The summed E-state index contributed by atoms with van der Waals surface area (Å²) in [7, 11) is 0. The maximum absolute atomic E-state index is 2.50. The van der Waals surface area contributed by atoms with Crippen LogP contribution in [0.2, 0.25) is 0 Å². The summed E-state index contributed by atoms with van der Waals surface area (Å²) in [6.07, 6.45) is 8.03. The van der Waals surface area contributed by atoms with Gasteiger partial charge >= 0.3 is 0 Å². The van der Waals surface area contributed by atoms with Crippen molar-refractivity contribution in [1.82, 2.24) is 0 Å². The van der Waals surface area contributed by atoms with Gasteiger partial charge in [0.2, 0.25) is 0 Å². The van der Waals surface area contributed by atoms with Crippen LogP contribution in [-0.2, 0) is 5.41 Å². The van der Waals surface area contributed by atoms with Crippen molar-refractivity contribution in [2.24, 2.45) is 0 Å². The molecular formula is C30H30. The summed E-state index contributed by atoms with van der Waals surface area (Å²) in [5.41, 5.74) is 11.4. The number of allylic oxidation sites excluding steroid dienone is 4. The van der Waals surface area contributed by atoms with Crippen molar-refractivity contribution in [3.63, 3.8) is 0 Å². The molecule has 0 fully saturated rings. The minimum absolute atomic E-state index is 0.0892. The lowest BCUT2D eigenvalue weighted by atomic mass is 9.78. The Balaban J connectivity index is 1.66. The molecule has 0 saturated carbocycles. The fourth-order valence-electron chi connectivity index (χ4n) is 5.42. The molecule has 1 atom stereocenters. The minimum Gasteiger partial charge on any atom is -0.0836 e. The molecule has 3 aromatic rings. The van der Waals surface area contributed by atoms with E-state index < -0.39 is 0 Å². The van der Waals surface area contributed by atoms with Crippen molar-refractivity contribution in [2.45, 2.75) is 51.4 Å². The van der Waals surface area contributed by atoms with E-state index in [4.69, 9.17) is 0 Å². The molecule has 0 spiro atoms. The summed E-state index contributed by atoms with van der Waals surface area (Å²) < 4.78 is 0. The van der Waals surface area contributed by atoms with Gasteiger partial charge in [0.15, 0.2) is 0 Å². The Hall–Kier alpha value is -2.86. The Labute approximate surface area is 181 Å². The van der Waals surface area contributed by atoms with Gasteiger partial charge in [-0.25, -0.2) is 0 Å². The largest absolute Gasteiger partial charge is 0.0836 e. The van der Waals surface area contributed by atoms with Crippen molar-refractivity contribution in [1.29, 1.82) is 0 Å². The first-order valence-corrected chi connectivity index (χ1v) is 11.1. The highest BCUT2D eigenvalue weighted by atomic mass is 14.4. The predicted octanol–water partition coefficient (Wildman–Crippen LogP) is 7.74. The van der Waals surface area contributed by atoms with Gasteiger partial charge in [0, 0.05) is 17.3 Å². The number of benzene rings is 3. The van der Waals surface area contributed by atoms with Crippen molar-refractivity contribution in [2.75, 3.05) is 0 Å². The molecular weight excluding hydrogens is 360 g/mol. The van der Waals surface area contributed by atoms with Crippen LogP contribution in [0.25, 0.3) is 0 Å². The number of aryl methyl sites for hydroxylation is 2. The van der Waals surface area contributed by atoms with Gasteiger partial charge in [-0.1, -0.05) is 116 Å². The second-order valence-corrected chi connectivity index (χ2v) is 9.56. The number of hydrogen-bond donors (Lipinski definition) is 0. The zero-order valence-electron chi connectivity index (χ0n) is 18.4. The smallest absolute Gasteiger partial charge is 0.0340 e. The maximum atomic E-state index is 2.50. The highest BCUT2D eigenvalue weighted by Gasteiger charge is 2.41. The van der Waals surface area contributed by atoms with Crippen molar-refractivity contribution < 1.29 is 0 Å². The quantitative estimate of drug-likeness (QED) is 0.401. The van der Waals surface area contributed by atoms with Crippen molar-refractivity contribution in [3.8, 4) is 0 Å². The molecule has 2 aliphatic rings. The zero-order valence-corrected chi connectivity index (χ0v) is 18.4. The average Bonchev–Trinajstić information content (AvgIpc) is 2.98. The van der Waals surface area contributed by atoms with Crippen LogP contribution in [0.1, 0.15) is 71.0 Å². The van der Waals surface area contributed by atoms with Crippen LogP contribution in [0.5, 0.6) is 0 Å². The number of hydrogen-bond acceptors (Lipinski definition) is 0. The third-order valence-corrected chi connectivity index (χ3v) is 7.16. The molecule has 0 heteroatoms. The molecule has 0 amide bonds. The summed E-state index contributed by atoms with van der Waals surface area (Å²) in [5.74, 6) is 0.799. The van der Waals surface area contributed by atoms with E-state index >= 15 is 0 Å². The minimum atomic E-state index is 0.0892. The Bertz CT molecular complexity index is 1090. The zero-order chi connectivity index (χ0) is 20.9. The molecule has 0 radical (unpaired) electrons. The molecule has 3 aromatic carbocycles. The van der Waals surface area contributed by atoms with Gasteiger partial charge in [0.05, 0.1) is 0 Å². The van der Waals surface area contributed by atoms with Gasteiger partial charge < -0.3 is 0 Å². The molecule has 0 heterocycles. The van der Waals surface area contributed by atoms with Crippen molar-refractivity contribution in [3.05, 3.63) is 129 Å².